The number of aryl methyl sites for hydroxylation is 1. The molecule has 0 saturated carbocycles. The second kappa shape index (κ2) is 8.80. The number of fused-ring (bicyclic) bond motifs is 1. The minimum absolute atomic E-state index is 0.173. The largest absolute Gasteiger partial charge is 0.465 e. The van der Waals surface area contributed by atoms with E-state index in [-0.39, 0.29) is 6.04 Å². The lowest BCUT2D eigenvalue weighted by molar-refractivity contribution is 0.0123. The lowest BCUT2D eigenvalue weighted by Gasteiger charge is -2.35. The molecule has 1 N–H and O–H groups in total. The van der Waals surface area contributed by atoms with Crippen LogP contribution < -0.4 is 5.32 Å². The molecule has 3 heterocycles. The number of hydrogen-bond acceptors (Lipinski definition) is 4. The van der Waals surface area contributed by atoms with E-state index >= 15 is 0 Å². The van der Waals surface area contributed by atoms with Crippen LogP contribution in [0.25, 0.3) is 0 Å². The molecule has 6 nitrogen and oxygen atoms in total. The number of aliphatic imine (C=N–C) groups is 1. The summed E-state index contributed by atoms with van der Waals surface area (Å²) >= 11 is 0. The van der Waals surface area contributed by atoms with Gasteiger partial charge in [-0.2, -0.15) is 0 Å². The van der Waals surface area contributed by atoms with Gasteiger partial charge in [-0.05, 0) is 36.6 Å². The molecule has 6 heteroatoms. The zero-order valence-corrected chi connectivity index (χ0v) is 16.9. The molecule has 28 heavy (non-hydrogen) atoms. The highest BCUT2D eigenvalue weighted by Gasteiger charge is 2.26. The number of guanidine groups is 1. The molecule has 0 radical (unpaired) electrons. The Morgan fingerprint density at radius 3 is 2.61 bits per heavy atom. The first kappa shape index (κ1) is 19.0. The van der Waals surface area contributed by atoms with Crippen molar-refractivity contribution < 1.29 is 9.15 Å². The molecule has 4 rings (SSSR count). The minimum atomic E-state index is 0.173. The summed E-state index contributed by atoms with van der Waals surface area (Å²) in [6.45, 7) is 8.02. The third kappa shape index (κ3) is 4.23. The second-order valence-electron chi connectivity index (χ2n) is 7.48. The van der Waals surface area contributed by atoms with Crippen molar-refractivity contribution >= 4 is 5.96 Å². The standard InChI is InChI=1S/C22H30N4O2/c1-17-7-8-21(28-17)20(25-11-13-27-14-12-25)15-24-22(23-2)26-10-9-18-5-3-4-6-19(18)16-26/h3-8,20H,9-16H2,1-2H3,(H,23,24). The third-order valence-electron chi connectivity index (χ3n) is 5.67. The number of furan rings is 1. The topological polar surface area (TPSA) is 53.2 Å². The Hall–Kier alpha value is -2.31. The molecular weight excluding hydrogens is 352 g/mol. The zero-order valence-electron chi connectivity index (χ0n) is 16.9. The molecule has 2 aromatic rings. The van der Waals surface area contributed by atoms with Gasteiger partial charge < -0.3 is 19.4 Å². The fourth-order valence-electron chi connectivity index (χ4n) is 4.13. The van der Waals surface area contributed by atoms with Crippen LogP contribution >= 0.6 is 0 Å². The average molecular weight is 383 g/mol. The van der Waals surface area contributed by atoms with Crippen LogP contribution in [-0.2, 0) is 17.7 Å². The van der Waals surface area contributed by atoms with E-state index in [2.05, 4.69) is 50.4 Å². The molecule has 150 valence electrons. The van der Waals surface area contributed by atoms with Gasteiger partial charge in [0.25, 0.3) is 0 Å². The molecule has 1 aromatic heterocycles. The van der Waals surface area contributed by atoms with Crippen molar-refractivity contribution in [2.24, 2.45) is 4.99 Å². The van der Waals surface area contributed by atoms with Crippen molar-refractivity contribution in [1.82, 2.24) is 15.1 Å². The fourth-order valence-corrected chi connectivity index (χ4v) is 4.13. The van der Waals surface area contributed by atoms with Gasteiger partial charge in [0, 0.05) is 39.8 Å². The van der Waals surface area contributed by atoms with Crippen molar-refractivity contribution in [2.75, 3.05) is 46.4 Å². The lowest BCUT2D eigenvalue weighted by Crippen LogP contribution is -2.48. The molecule has 0 bridgehead atoms. The summed E-state index contributed by atoms with van der Waals surface area (Å²) in [7, 11) is 1.86. The monoisotopic (exact) mass is 382 g/mol. The van der Waals surface area contributed by atoms with E-state index in [1.807, 2.05) is 20.0 Å². The Balaban J connectivity index is 1.45. The Morgan fingerprint density at radius 2 is 1.89 bits per heavy atom. The first-order chi connectivity index (χ1) is 13.7. The first-order valence-electron chi connectivity index (χ1n) is 10.1. The Labute approximate surface area is 167 Å². The van der Waals surface area contributed by atoms with Gasteiger partial charge in [-0.1, -0.05) is 24.3 Å². The maximum Gasteiger partial charge on any atom is 0.194 e. The average Bonchev–Trinajstić information content (AvgIpc) is 3.17. The lowest BCUT2D eigenvalue weighted by atomic mass is 10.0. The summed E-state index contributed by atoms with van der Waals surface area (Å²) in [5.41, 5.74) is 2.84. The van der Waals surface area contributed by atoms with Crippen LogP contribution in [0.5, 0.6) is 0 Å². The van der Waals surface area contributed by atoms with Crippen molar-refractivity contribution in [3.63, 3.8) is 0 Å². The summed E-state index contributed by atoms with van der Waals surface area (Å²) < 4.78 is 11.5. The van der Waals surface area contributed by atoms with Gasteiger partial charge in [-0.25, -0.2) is 0 Å². The van der Waals surface area contributed by atoms with Crippen molar-refractivity contribution in [1.29, 1.82) is 0 Å². The highest BCUT2D eigenvalue weighted by molar-refractivity contribution is 5.80. The molecule has 2 aliphatic rings. The summed E-state index contributed by atoms with van der Waals surface area (Å²) in [6.07, 6.45) is 1.06. The predicted molar refractivity (Wildman–Crippen MR) is 110 cm³/mol. The molecule has 1 atom stereocenters. The van der Waals surface area contributed by atoms with Gasteiger partial charge in [0.15, 0.2) is 5.96 Å². The van der Waals surface area contributed by atoms with Gasteiger partial charge in [0.2, 0.25) is 0 Å². The first-order valence-corrected chi connectivity index (χ1v) is 10.1. The second-order valence-corrected chi connectivity index (χ2v) is 7.48. The van der Waals surface area contributed by atoms with Gasteiger partial charge >= 0.3 is 0 Å². The Morgan fingerprint density at radius 1 is 1.11 bits per heavy atom. The van der Waals surface area contributed by atoms with E-state index in [0.717, 1.165) is 69.8 Å². The minimum Gasteiger partial charge on any atom is -0.465 e. The molecule has 0 spiro atoms. The van der Waals surface area contributed by atoms with E-state index in [9.17, 15) is 0 Å². The summed E-state index contributed by atoms with van der Waals surface area (Å²) in [5.74, 6) is 2.91. The highest BCUT2D eigenvalue weighted by Crippen LogP contribution is 2.24. The smallest absolute Gasteiger partial charge is 0.194 e. The Bertz CT molecular complexity index is 810. The molecular formula is C22H30N4O2. The van der Waals surface area contributed by atoms with E-state index in [0.29, 0.717) is 0 Å². The predicted octanol–water partition coefficient (Wildman–Crippen LogP) is 2.60. The van der Waals surface area contributed by atoms with E-state index < -0.39 is 0 Å². The number of benzene rings is 1. The number of ether oxygens (including phenoxy) is 1. The van der Waals surface area contributed by atoms with Gasteiger partial charge in [-0.15, -0.1) is 0 Å². The van der Waals surface area contributed by atoms with Crippen molar-refractivity contribution in [3.8, 4) is 0 Å². The van der Waals surface area contributed by atoms with Crippen LogP contribution in [0.2, 0.25) is 0 Å². The van der Waals surface area contributed by atoms with Gasteiger partial charge in [0.05, 0.1) is 19.3 Å². The number of morpholine rings is 1. The summed E-state index contributed by atoms with van der Waals surface area (Å²) in [5, 5.41) is 3.61. The van der Waals surface area contributed by atoms with Crippen LogP contribution in [0.4, 0.5) is 0 Å². The summed E-state index contributed by atoms with van der Waals surface area (Å²) in [6, 6.07) is 13.0. The van der Waals surface area contributed by atoms with Crippen molar-refractivity contribution in [2.45, 2.75) is 25.9 Å². The van der Waals surface area contributed by atoms with E-state index in [1.165, 1.54) is 11.1 Å². The van der Waals surface area contributed by atoms with Crippen LogP contribution in [0.15, 0.2) is 45.8 Å². The number of nitrogens with one attached hydrogen (secondary N) is 1. The van der Waals surface area contributed by atoms with E-state index in [1.54, 1.807) is 0 Å². The van der Waals surface area contributed by atoms with Crippen LogP contribution in [0, 0.1) is 6.92 Å². The van der Waals surface area contributed by atoms with Crippen LogP contribution in [-0.4, -0.2) is 62.2 Å². The van der Waals surface area contributed by atoms with Crippen LogP contribution in [0.3, 0.4) is 0 Å². The van der Waals surface area contributed by atoms with E-state index in [4.69, 9.17) is 9.15 Å². The number of rotatable bonds is 4. The van der Waals surface area contributed by atoms with Gasteiger partial charge in [-0.3, -0.25) is 9.89 Å². The van der Waals surface area contributed by atoms with Crippen molar-refractivity contribution in [3.05, 3.63) is 59.0 Å². The number of hydrogen-bond donors (Lipinski definition) is 1. The molecule has 1 unspecified atom stereocenters. The quantitative estimate of drug-likeness (QED) is 0.651. The fraction of sp³-hybridized carbons (Fsp3) is 0.500. The third-order valence-corrected chi connectivity index (χ3v) is 5.67. The zero-order chi connectivity index (χ0) is 19.3. The number of nitrogens with zero attached hydrogens (tertiary/aromatic N) is 3. The Kier molecular flexibility index (Phi) is 5.98. The molecule has 1 aromatic carbocycles. The molecule has 1 saturated heterocycles. The molecule has 2 aliphatic heterocycles. The highest BCUT2D eigenvalue weighted by atomic mass is 16.5. The maximum atomic E-state index is 5.98. The molecule has 1 fully saturated rings. The van der Waals surface area contributed by atoms with Gasteiger partial charge in [0.1, 0.15) is 11.5 Å². The maximum absolute atomic E-state index is 5.98. The molecule has 0 amide bonds. The molecule has 0 aliphatic carbocycles. The SMILES string of the molecule is CN=C(NCC(c1ccc(C)o1)N1CCOCC1)N1CCc2ccccc2C1. The normalized spacial score (nSPS) is 19.4. The summed E-state index contributed by atoms with van der Waals surface area (Å²) in [4.78, 5) is 9.34. The van der Waals surface area contributed by atoms with Crippen LogP contribution in [0.1, 0.15) is 28.7 Å².